The largest absolute Gasteiger partial charge is 0.423 e. The predicted octanol–water partition coefficient (Wildman–Crippen LogP) is 7.40. The summed E-state index contributed by atoms with van der Waals surface area (Å²) in [6.07, 6.45) is 1.53. The highest BCUT2D eigenvalue weighted by Gasteiger charge is 2.29. The number of esters is 3. The van der Waals surface area contributed by atoms with Crippen molar-refractivity contribution >= 4 is 28.8 Å². The van der Waals surface area contributed by atoms with Crippen LogP contribution < -0.4 is 14.2 Å². The van der Waals surface area contributed by atoms with Crippen LogP contribution in [0.15, 0.2) is 124 Å². The minimum Gasteiger partial charge on any atom is -0.423 e. The third kappa shape index (κ3) is 7.83. The van der Waals surface area contributed by atoms with Crippen LogP contribution in [0.2, 0.25) is 0 Å². The zero-order chi connectivity index (χ0) is 29.2. The number of carbonyl (C=O) groups is 3. The number of ether oxygens (including phenoxy) is 3. The van der Waals surface area contributed by atoms with Crippen LogP contribution in [0.3, 0.4) is 0 Å². The molecule has 0 saturated carbocycles. The summed E-state index contributed by atoms with van der Waals surface area (Å²) in [5, 5.41) is 0. The Morgan fingerprint density at radius 2 is 0.725 bits per heavy atom. The molecular weight excluding hydrogens is 524 g/mol. The van der Waals surface area contributed by atoms with Gasteiger partial charge in [-0.15, -0.1) is 0 Å². The van der Waals surface area contributed by atoms with Crippen molar-refractivity contribution in [1.29, 1.82) is 0 Å². The van der Waals surface area contributed by atoms with Crippen LogP contribution in [0.1, 0.15) is 40.0 Å². The summed E-state index contributed by atoms with van der Waals surface area (Å²) in [7, 11) is -0.583. The Morgan fingerprint density at radius 3 is 0.925 bits per heavy atom. The van der Waals surface area contributed by atoms with Crippen molar-refractivity contribution in [1.82, 2.24) is 0 Å². The molecule has 0 amide bonds. The van der Waals surface area contributed by atoms with Crippen LogP contribution in [0.5, 0.6) is 17.2 Å². The maximum atomic E-state index is 12.1. The molecule has 7 heteroatoms. The molecule has 206 valence electrons. The van der Waals surface area contributed by atoms with Gasteiger partial charge in [-0.25, -0.2) is 14.4 Å². The van der Waals surface area contributed by atoms with Crippen molar-refractivity contribution < 1.29 is 28.6 Å². The molecule has 3 aromatic rings. The van der Waals surface area contributed by atoms with Crippen LogP contribution >= 0.6 is 0 Å². The molecule has 0 aliphatic carbocycles. The molecule has 0 fully saturated rings. The lowest BCUT2D eigenvalue weighted by molar-refractivity contribution is -0.131. The molecule has 40 heavy (non-hydrogen) atoms. The highest BCUT2D eigenvalue weighted by molar-refractivity contribution is 7.97. The van der Waals surface area contributed by atoms with Gasteiger partial charge < -0.3 is 14.2 Å². The normalized spacial score (nSPS) is 10.5. The lowest BCUT2D eigenvalue weighted by atomic mass is 10.2. The molecule has 0 heterocycles. The van der Waals surface area contributed by atoms with Crippen LogP contribution in [0, 0.1) is 0 Å². The second kappa shape index (κ2) is 14.1. The quantitative estimate of drug-likeness (QED) is 0.0999. The summed E-state index contributed by atoms with van der Waals surface area (Å²) in [5.41, 5.74) is 1.20. The molecule has 0 saturated heterocycles. The number of carbonyl (C=O) groups excluding carboxylic acids is 3. The minimum absolute atomic E-state index is 0.399. The number of rotatable bonds is 12. The van der Waals surface area contributed by atoms with E-state index in [-0.39, 0.29) is 0 Å². The van der Waals surface area contributed by atoms with E-state index in [1.807, 2.05) is 57.2 Å². The average molecular weight is 558 g/mol. The molecule has 0 radical (unpaired) electrons. The Labute approximate surface area is 238 Å². The molecule has 0 aliphatic rings. The van der Waals surface area contributed by atoms with Gasteiger partial charge in [0.1, 0.15) is 17.2 Å². The second-order valence-corrected chi connectivity index (χ2v) is 10.8. The van der Waals surface area contributed by atoms with E-state index in [1.165, 1.54) is 0 Å². The van der Waals surface area contributed by atoms with E-state index in [4.69, 9.17) is 14.2 Å². The topological polar surface area (TPSA) is 78.9 Å². The molecule has 0 bridgehead atoms. The van der Waals surface area contributed by atoms with Crippen LogP contribution in [0.25, 0.3) is 0 Å². The van der Waals surface area contributed by atoms with Crippen LogP contribution in [0.4, 0.5) is 0 Å². The SMILES string of the molecule is C=C(CC)C(=O)Oc1ccc([S+](c2ccc(OC(=O)C(=C)CC)cc2)c2ccc(OC(=O)C(=C)CC)cc2)cc1. The lowest BCUT2D eigenvalue weighted by Crippen LogP contribution is -2.11. The van der Waals surface area contributed by atoms with Crippen molar-refractivity contribution in [2.45, 2.75) is 54.7 Å². The second-order valence-electron chi connectivity index (χ2n) is 8.76. The Bertz CT molecular complexity index is 1230. The fourth-order valence-electron chi connectivity index (χ4n) is 3.31. The maximum Gasteiger partial charge on any atom is 0.338 e. The van der Waals surface area contributed by atoms with Crippen LogP contribution in [-0.4, -0.2) is 17.9 Å². The van der Waals surface area contributed by atoms with Gasteiger partial charge in [0.25, 0.3) is 0 Å². The van der Waals surface area contributed by atoms with E-state index in [0.29, 0.717) is 53.2 Å². The Morgan fingerprint density at radius 1 is 0.500 bits per heavy atom. The van der Waals surface area contributed by atoms with E-state index >= 15 is 0 Å². The highest BCUT2D eigenvalue weighted by atomic mass is 32.2. The smallest absolute Gasteiger partial charge is 0.338 e. The summed E-state index contributed by atoms with van der Waals surface area (Å²) >= 11 is 0. The monoisotopic (exact) mass is 557 g/mol. The van der Waals surface area contributed by atoms with Gasteiger partial charge in [0, 0.05) is 16.7 Å². The first-order valence-corrected chi connectivity index (χ1v) is 14.1. The van der Waals surface area contributed by atoms with Gasteiger partial charge >= 0.3 is 17.9 Å². The Kier molecular flexibility index (Phi) is 10.7. The van der Waals surface area contributed by atoms with E-state index in [1.54, 1.807) is 36.4 Å². The molecule has 0 aliphatic heterocycles. The lowest BCUT2D eigenvalue weighted by Gasteiger charge is -2.11. The summed E-state index contributed by atoms with van der Waals surface area (Å²) in [5.74, 6) is -0.112. The fraction of sp³-hybridized carbons (Fsp3) is 0.182. The van der Waals surface area contributed by atoms with Crippen LogP contribution in [-0.2, 0) is 25.3 Å². The molecular formula is C33H33O6S+. The van der Waals surface area contributed by atoms with Crippen molar-refractivity contribution in [2.24, 2.45) is 0 Å². The van der Waals surface area contributed by atoms with E-state index in [9.17, 15) is 14.4 Å². The third-order valence-corrected chi connectivity index (χ3v) is 8.19. The van der Waals surface area contributed by atoms with Crippen molar-refractivity contribution in [3.63, 3.8) is 0 Å². The third-order valence-electron chi connectivity index (χ3n) is 5.96. The number of hydrogen-bond acceptors (Lipinski definition) is 6. The summed E-state index contributed by atoms with van der Waals surface area (Å²) in [4.78, 5) is 39.3. The van der Waals surface area contributed by atoms with Crippen molar-refractivity contribution in [3.05, 3.63) is 109 Å². The predicted molar refractivity (Wildman–Crippen MR) is 157 cm³/mol. The molecule has 0 spiro atoms. The van der Waals surface area contributed by atoms with Gasteiger partial charge in [-0.05, 0) is 92.1 Å². The van der Waals surface area contributed by atoms with Gasteiger partial charge in [-0.2, -0.15) is 0 Å². The van der Waals surface area contributed by atoms with Crippen molar-refractivity contribution in [2.75, 3.05) is 0 Å². The summed E-state index contributed by atoms with van der Waals surface area (Å²) in [6.45, 7) is 16.7. The molecule has 0 N–H and O–H groups in total. The Hall–Kier alpha value is -4.36. The van der Waals surface area contributed by atoms with E-state index in [0.717, 1.165) is 14.7 Å². The standard InChI is InChI=1S/C33H33O6S/c1-7-22(4)31(34)37-25-10-16-28(17-11-25)40(29-18-12-26(13-19-29)38-32(35)23(5)8-2)30-20-14-27(15-21-30)39-33(36)24(6)9-3/h10-21H,4-9H2,1-3H3/q+1. The minimum atomic E-state index is -0.583. The first-order valence-electron chi connectivity index (χ1n) is 12.9. The number of benzene rings is 3. The summed E-state index contributed by atoms with van der Waals surface area (Å²) in [6, 6.07) is 21.9. The molecule has 0 unspecified atom stereocenters. The first-order chi connectivity index (χ1) is 19.2. The van der Waals surface area contributed by atoms with Gasteiger partial charge in [-0.3, -0.25) is 0 Å². The van der Waals surface area contributed by atoms with Crippen molar-refractivity contribution in [3.8, 4) is 17.2 Å². The molecule has 3 aromatic carbocycles. The Balaban J connectivity index is 1.93. The zero-order valence-electron chi connectivity index (χ0n) is 23.0. The summed E-state index contributed by atoms with van der Waals surface area (Å²) < 4.78 is 16.3. The zero-order valence-corrected chi connectivity index (χ0v) is 23.8. The molecule has 3 rings (SSSR count). The molecule has 0 aromatic heterocycles. The first kappa shape index (κ1) is 30.2. The average Bonchev–Trinajstić information content (AvgIpc) is 2.98. The fourth-order valence-corrected chi connectivity index (χ4v) is 5.35. The van der Waals surface area contributed by atoms with Gasteiger partial charge in [-0.1, -0.05) is 40.5 Å². The van der Waals surface area contributed by atoms with Gasteiger partial charge in [0.15, 0.2) is 14.7 Å². The maximum absolute atomic E-state index is 12.1. The molecule has 6 nitrogen and oxygen atoms in total. The van der Waals surface area contributed by atoms with E-state index in [2.05, 4.69) is 19.7 Å². The molecule has 0 atom stereocenters. The number of hydrogen-bond donors (Lipinski definition) is 0. The van der Waals surface area contributed by atoms with E-state index < -0.39 is 28.8 Å². The van der Waals surface area contributed by atoms with Gasteiger partial charge in [0.05, 0.1) is 10.9 Å². The highest BCUT2D eigenvalue weighted by Crippen LogP contribution is 2.34. The van der Waals surface area contributed by atoms with Gasteiger partial charge in [0.2, 0.25) is 0 Å².